The molecule has 1 aliphatic heterocycles. The molecule has 7 heteroatoms. The van der Waals surface area contributed by atoms with Gasteiger partial charge in [-0.15, -0.1) is 0 Å². The zero-order valence-electron chi connectivity index (χ0n) is 10.7. The van der Waals surface area contributed by atoms with E-state index in [0.29, 0.717) is 5.95 Å². The number of nitrogen functional groups attached to an aromatic ring is 1. The van der Waals surface area contributed by atoms with Gasteiger partial charge in [-0.1, -0.05) is 0 Å². The number of halogens is 2. The molecule has 2 aromatic rings. The van der Waals surface area contributed by atoms with Crippen LogP contribution in [0.25, 0.3) is 11.4 Å². The van der Waals surface area contributed by atoms with E-state index >= 15 is 0 Å². The van der Waals surface area contributed by atoms with Crippen LogP contribution in [-0.4, -0.2) is 28.0 Å². The molecular formula is C13H13F2N5. The fourth-order valence-electron chi connectivity index (χ4n) is 2.25. The fraction of sp³-hybridized carbons (Fsp3) is 0.308. The number of benzene rings is 1. The molecule has 0 saturated carbocycles. The molecule has 1 fully saturated rings. The third-order valence-corrected chi connectivity index (χ3v) is 3.15. The van der Waals surface area contributed by atoms with E-state index in [9.17, 15) is 8.78 Å². The van der Waals surface area contributed by atoms with Gasteiger partial charge in [-0.2, -0.15) is 15.0 Å². The molecule has 0 aliphatic carbocycles. The third-order valence-electron chi connectivity index (χ3n) is 3.15. The topological polar surface area (TPSA) is 67.9 Å². The zero-order chi connectivity index (χ0) is 14.1. The largest absolute Gasteiger partial charge is 0.368 e. The molecule has 3 rings (SSSR count). The Morgan fingerprint density at radius 1 is 0.950 bits per heavy atom. The first-order chi connectivity index (χ1) is 9.61. The Bertz CT molecular complexity index is 620. The molecule has 0 atom stereocenters. The highest BCUT2D eigenvalue weighted by atomic mass is 19.1. The monoisotopic (exact) mass is 277 g/mol. The standard InChI is InChI=1S/C13H13F2N5/c14-9-5-8(6-10(15)7-9)11-17-12(16)19-13(18-11)20-3-1-2-4-20/h5-7H,1-4H2,(H2,16,17,18,19). The summed E-state index contributed by atoms with van der Waals surface area (Å²) in [4.78, 5) is 14.3. The molecule has 104 valence electrons. The van der Waals surface area contributed by atoms with Crippen molar-refractivity contribution in [1.82, 2.24) is 15.0 Å². The van der Waals surface area contributed by atoms with E-state index in [-0.39, 0.29) is 17.3 Å². The third kappa shape index (κ3) is 2.52. The van der Waals surface area contributed by atoms with Gasteiger partial charge >= 0.3 is 0 Å². The first-order valence-corrected chi connectivity index (χ1v) is 6.35. The summed E-state index contributed by atoms with van der Waals surface area (Å²) in [5, 5.41) is 0. The number of nitrogens with two attached hydrogens (primary N) is 1. The van der Waals surface area contributed by atoms with Crippen molar-refractivity contribution in [2.24, 2.45) is 0 Å². The Morgan fingerprint density at radius 2 is 1.60 bits per heavy atom. The minimum atomic E-state index is -0.679. The van der Waals surface area contributed by atoms with E-state index in [1.165, 1.54) is 12.1 Å². The van der Waals surface area contributed by atoms with Gasteiger partial charge in [-0.05, 0) is 25.0 Å². The molecule has 0 radical (unpaired) electrons. The molecule has 0 bridgehead atoms. The second-order valence-electron chi connectivity index (χ2n) is 4.67. The quantitative estimate of drug-likeness (QED) is 0.909. The van der Waals surface area contributed by atoms with Crippen molar-refractivity contribution < 1.29 is 8.78 Å². The maximum atomic E-state index is 13.3. The van der Waals surface area contributed by atoms with E-state index in [0.717, 1.165) is 32.0 Å². The molecule has 2 N–H and O–H groups in total. The number of aromatic nitrogens is 3. The number of hydrogen-bond acceptors (Lipinski definition) is 5. The fourth-order valence-corrected chi connectivity index (χ4v) is 2.25. The van der Waals surface area contributed by atoms with E-state index in [2.05, 4.69) is 15.0 Å². The van der Waals surface area contributed by atoms with Gasteiger partial charge in [0.05, 0.1) is 0 Å². The molecule has 1 saturated heterocycles. The lowest BCUT2D eigenvalue weighted by Gasteiger charge is -2.15. The summed E-state index contributed by atoms with van der Waals surface area (Å²) in [5.41, 5.74) is 5.91. The molecular weight excluding hydrogens is 264 g/mol. The van der Waals surface area contributed by atoms with Crippen molar-refractivity contribution in [2.45, 2.75) is 12.8 Å². The van der Waals surface area contributed by atoms with Gasteiger partial charge < -0.3 is 10.6 Å². The Hall–Kier alpha value is -2.31. The average Bonchev–Trinajstić information content (AvgIpc) is 2.90. The van der Waals surface area contributed by atoms with Crippen LogP contribution in [0.2, 0.25) is 0 Å². The summed E-state index contributed by atoms with van der Waals surface area (Å²) in [6.07, 6.45) is 2.13. The number of anilines is 2. The first kappa shape index (κ1) is 12.7. The lowest BCUT2D eigenvalue weighted by atomic mass is 10.2. The normalized spacial score (nSPS) is 14.8. The zero-order valence-corrected chi connectivity index (χ0v) is 10.7. The lowest BCUT2D eigenvalue weighted by molar-refractivity contribution is 0.584. The van der Waals surface area contributed by atoms with Crippen LogP contribution < -0.4 is 10.6 Å². The van der Waals surface area contributed by atoms with Crippen LogP contribution in [0.3, 0.4) is 0 Å². The molecule has 0 unspecified atom stereocenters. The highest BCUT2D eigenvalue weighted by Crippen LogP contribution is 2.22. The van der Waals surface area contributed by atoms with Gasteiger partial charge in [0.2, 0.25) is 11.9 Å². The molecule has 0 spiro atoms. The highest BCUT2D eigenvalue weighted by molar-refractivity contribution is 5.58. The Labute approximate surface area is 114 Å². The molecule has 20 heavy (non-hydrogen) atoms. The summed E-state index contributed by atoms with van der Waals surface area (Å²) in [5.74, 6) is -0.683. The lowest BCUT2D eigenvalue weighted by Crippen LogP contribution is -2.21. The Morgan fingerprint density at radius 3 is 2.25 bits per heavy atom. The second-order valence-corrected chi connectivity index (χ2v) is 4.67. The van der Waals surface area contributed by atoms with Crippen LogP contribution in [-0.2, 0) is 0 Å². The van der Waals surface area contributed by atoms with Crippen molar-refractivity contribution in [3.05, 3.63) is 29.8 Å². The molecule has 5 nitrogen and oxygen atoms in total. The minimum absolute atomic E-state index is 0.0431. The van der Waals surface area contributed by atoms with Gasteiger partial charge in [0.25, 0.3) is 0 Å². The summed E-state index contributed by atoms with van der Waals surface area (Å²) in [6.45, 7) is 1.70. The van der Waals surface area contributed by atoms with E-state index in [1.54, 1.807) is 0 Å². The SMILES string of the molecule is Nc1nc(-c2cc(F)cc(F)c2)nc(N2CCCC2)n1. The van der Waals surface area contributed by atoms with E-state index < -0.39 is 11.6 Å². The highest BCUT2D eigenvalue weighted by Gasteiger charge is 2.17. The maximum Gasteiger partial charge on any atom is 0.230 e. The summed E-state index contributed by atoms with van der Waals surface area (Å²) >= 11 is 0. The van der Waals surface area contributed by atoms with Crippen molar-refractivity contribution in [1.29, 1.82) is 0 Å². The van der Waals surface area contributed by atoms with Crippen LogP contribution >= 0.6 is 0 Å². The van der Waals surface area contributed by atoms with Crippen molar-refractivity contribution in [3.8, 4) is 11.4 Å². The summed E-state index contributed by atoms with van der Waals surface area (Å²) in [7, 11) is 0. The van der Waals surface area contributed by atoms with Crippen LogP contribution in [0.1, 0.15) is 12.8 Å². The van der Waals surface area contributed by atoms with Crippen LogP contribution in [0, 0.1) is 11.6 Å². The summed E-state index contributed by atoms with van der Waals surface area (Å²) in [6, 6.07) is 3.15. The second kappa shape index (κ2) is 4.99. The van der Waals surface area contributed by atoms with Crippen LogP contribution in [0.4, 0.5) is 20.7 Å². The van der Waals surface area contributed by atoms with Gasteiger partial charge in [-0.3, -0.25) is 0 Å². The van der Waals surface area contributed by atoms with Crippen LogP contribution in [0.5, 0.6) is 0 Å². The summed E-state index contributed by atoms with van der Waals surface area (Å²) < 4.78 is 26.5. The molecule has 0 amide bonds. The predicted octanol–water partition coefficient (Wildman–Crippen LogP) is 2.00. The van der Waals surface area contributed by atoms with E-state index in [4.69, 9.17) is 5.73 Å². The van der Waals surface area contributed by atoms with Gasteiger partial charge in [-0.25, -0.2) is 8.78 Å². The number of rotatable bonds is 2. The average molecular weight is 277 g/mol. The molecule has 1 aromatic carbocycles. The first-order valence-electron chi connectivity index (χ1n) is 6.35. The molecule has 1 aliphatic rings. The van der Waals surface area contributed by atoms with Crippen LogP contribution in [0.15, 0.2) is 18.2 Å². The maximum absolute atomic E-state index is 13.3. The van der Waals surface area contributed by atoms with Gasteiger partial charge in [0.15, 0.2) is 5.82 Å². The van der Waals surface area contributed by atoms with E-state index in [1.807, 2.05) is 4.90 Å². The van der Waals surface area contributed by atoms with Crippen molar-refractivity contribution in [2.75, 3.05) is 23.7 Å². The predicted molar refractivity (Wildman–Crippen MR) is 71.0 cm³/mol. The van der Waals surface area contributed by atoms with Crippen molar-refractivity contribution in [3.63, 3.8) is 0 Å². The number of nitrogens with zero attached hydrogens (tertiary/aromatic N) is 4. The van der Waals surface area contributed by atoms with Crippen molar-refractivity contribution >= 4 is 11.9 Å². The molecule has 2 heterocycles. The number of hydrogen-bond donors (Lipinski definition) is 1. The van der Waals surface area contributed by atoms with Gasteiger partial charge in [0.1, 0.15) is 11.6 Å². The molecule has 1 aromatic heterocycles. The minimum Gasteiger partial charge on any atom is -0.368 e. The Kier molecular flexibility index (Phi) is 3.17. The van der Waals surface area contributed by atoms with Gasteiger partial charge in [0, 0.05) is 24.7 Å². The smallest absolute Gasteiger partial charge is 0.230 e. The Balaban J connectivity index is 2.04.